The highest BCUT2D eigenvalue weighted by atomic mass is 16.3. The number of nitrogens with zero attached hydrogens (tertiary/aromatic N) is 4. The minimum Gasteiger partial charge on any atom is -0.395 e. The van der Waals surface area contributed by atoms with Gasteiger partial charge in [0.25, 0.3) is 0 Å². The standard InChI is InChI=1S/C22H27N5O/c1-5-6-20-23-18-12-15(11-14(2)21(18)25-20)22-24-17-8-7-16(26(3)9-10-28)13-19(17)27(22)4/h7-8,11-13,28H,5-6,9-10H2,1-4H3,(H,23,25). The highest BCUT2D eigenvalue weighted by Crippen LogP contribution is 2.30. The van der Waals surface area contributed by atoms with Crippen LogP contribution in [0, 0.1) is 6.92 Å². The molecule has 2 N–H and O–H groups in total. The number of H-pyrrole nitrogens is 1. The summed E-state index contributed by atoms with van der Waals surface area (Å²) in [6.07, 6.45) is 2.03. The van der Waals surface area contributed by atoms with Crippen molar-refractivity contribution in [3.8, 4) is 11.4 Å². The normalized spacial score (nSPS) is 11.6. The number of benzene rings is 2. The fraction of sp³-hybridized carbons (Fsp3) is 0.364. The maximum Gasteiger partial charge on any atom is 0.140 e. The number of aryl methyl sites for hydroxylation is 3. The van der Waals surface area contributed by atoms with Crippen molar-refractivity contribution in [2.75, 3.05) is 25.1 Å². The summed E-state index contributed by atoms with van der Waals surface area (Å²) in [5, 5.41) is 9.20. The molecule has 2 aromatic heterocycles. The van der Waals surface area contributed by atoms with Crippen molar-refractivity contribution < 1.29 is 5.11 Å². The van der Waals surface area contributed by atoms with E-state index in [2.05, 4.69) is 54.7 Å². The highest BCUT2D eigenvalue weighted by Gasteiger charge is 2.14. The number of aliphatic hydroxyl groups excluding tert-OH is 1. The molecule has 0 fully saturated rings. The van der Waals surface area contributed by atoms with Crippen LogP contribution in [-0.2, 0) is 13.5 Å². The van der Waals surface area contributed by atoms with E-state index in [-0.39, 0.29) is 6.61 Å². The van der Waals surface area contributed by atoms with E-state index in [9.17, 15) is 5.11 Å². The molecule has 6 nitrogen and oxygen atoms in total. The first-order valence-corrected chi connectivity index (χ1v) is 9.80. The van der Waals surface area contributed by atoms with E-state index in [4.69, 9.17) is 9.97 Å². The molecule has 2 aromatic carbocycles. The van der Waals surface area contributed by atoms with Crippen LogP contribution in [-0.4, -0.2) is 44.8 Å². The summed E-state index contributed by atoms with van der Waals surface area (Å²) in [6.45, 7) is 5.00. The van der Waals surface area contributed by atoms with E-state index >= 15 is 0 Å². The van der Waals surface area contributed by atoms with Gasteiger partial charge in [0.05, 0.1) is 28.7 Å². The molecule has 0 spiro atoms. The number of aromatic nitrogens is 4. The number of hydrogen-bond acceptors (Lipinski definition) is 4. The summed E-state index contributed by atoms with van der Waals surface area (Å²) in [5.41, 5.74) is 7.45. The zero-order chi connectivity index (χ0) is 19.8. The number of aliphatic hydroxyl groups is 1. The molecule has 2 heterocycles. The lowest BCUT2D eigenvalue weighted by atomic mass is 10.1. The van der Waals surface area contributed by atoms with Gasteiger partial charge in [-0.25, -0.2) is 9.97 Å². The first kappa shape index (κ1) is 18.5. The van der Waals surface area contributed by atoms with Gasteiger partial charge in [-0.15, -0.1) is 0 Å². The van der Waals surface area contributed by atoms with Gasteiger partial charge in [-0.1, -0.05) is 6.92 Å². The second-order valence-corrected chi connectivity index (χ2v) is 7.44. The zero-order valence-electron chi connectivity index (χ0n) is 17.0. The minimum absolute atomic E-state index is 0.134. The van der Waals surface area contributed by atoms with E-state index in [0.29, 0.717) is 6.54 Å². The van der Waals surface area contributed by atoms with Crippen molar-refractivity contribution in [3.63, 3.8) is 0 Å². The molecule has 28 heavy (non-hydrogen) atoms. The second-order valence-electron chi connectivity index (χ2n) is 7.44. The molecule has 0 bridgehead atoms. The molecule has 0 aliphatic heterocycles. The van der Waals surface area contributed by atoms with Crippen LogP contribution >= 0.6 is 0 Å². The first-order chi connectivity index (χ1) is 13.5. The number of imidazole rings is 2. The van der Waals surface area contributed by atoms with E-state index in [1.54, 1.807) is 0 Å². The van der Waals surface area contributed by atoms with Crippen molar-refractivity contribution >= 4 is 27.8 Å². The maximum absolute atomic E-state index is 9.20. The third-order valence-electron chi connectivity index (χ3n) is 5.31. The summed E-state index contributed by atoms with van der Waals surface area (Å²) >= 11 is 0. The lowest BCUT2D eigenvalue weighted by Crippen LogP contribution is -2.20. The van der Waals surface area contributed by atoms with Crippen LogP contribution in [0.25, 0.3) is 33.5 Å². The Morgan fingerprint density at radius 1 is 1.18 bits per heavy atom. The van der Waals surface area contributed by atoms with E-state index in [1.807, 2.05) is 18.0 Å². The van der Waals surface area contributed by atoms with Crippen molar-refractivity contribution in [2.45, 2.75) is 26.7 Å². The number of anilines is 1. The molecule has 0 amide bonds. The van der Waals surface area contributed by atoms with Crippen molar-refractivity contribution in [3.05, 3.63) is 41.7 Å². The van der Waals surface area contributed by atoms with E-state index < -0.39 is 0 Å². The Balaban J connectivity index is 1.81. The third-order valence-corrected chi connectivity index (χ3v) is 5.31. The first-order valence-electron chi connectivity index (χ1n) is 9.80. The van der Waals surface area contributed by atoms with Gasteiger partial charge in [-0.3, -0.25) is 0 Å². The summed E-state index contributed by atoms with van der Waals surface area (Å²) in [6, 6.07) is 10.5. The maximum atomic E-state index is 9.20. The number of likely N-dealkylation sites (N-methyl/N-ethyl adjacent to an activating group) is 1. The molecule has 4 aromatic rings. The second kappa shape index (κ2) is 7.28. The Morgan fingerprint density at radius 3 is 2.75 bits per heavy atom. The van der Waals surface area contributed by atoms with Gasteiger partial charge in [0.15, 0.2) is 0 Å². The molecule has 6 heteroatoms. The summed E-state index contributed by atoms with van der Waals surface area (Å²) < 4.78 is 2.13. The third kappa shape index (κ3) is 3.14. The number of aromatic amines is 1. The van der Waals surface area contributed by atoms with Crippen LogP contribution in [0.15, 0.2) is 30.3 Å². The molecule has 4 rings (SSSR count). The number of fused-ring (bicyclic) bond motifs is 2. The fourth-order valence-electron chi connectivity index (χ4n) is 3.78. The Labute approximate surface area is 164 Å². The molecule has 0 radical (unpaired) electrons. The SMILES string of the molecule is CCCc1nc2c(C)cc(-c3nc4ccc(N(C)CCO)cc4n3C)cc2[nH]1. The average molecular weight is 377 g/mol. The van der Waals surface area contributed by atoms with Gasteiger partial charge in [0, 0.05) is 38.3 Å². The molecule has 0 aliphatic carbocycles. The van der Waals surface area contributed by atoms with Gasteiger partial charge in [0.2, 0.25) is 0 Å². The van der Waals surface area contributed by atoms with Crippen molar-refractivity contribution in [1.29, 1.82) is 0 Å². The predicted octanol–water partition coefficient (Wildman–Crippen LogP) is 3.81. The summed E-state index contributed by atoms with van der Waals surface area (Å²) in [7, 11) is 4.04. The number of rotatable bonds is 6. The van der Waals surface area contributed by atoms with Gasteiger partial charge >= 0.3 is 0 Å². The molecule has 146 valence electrons. The summed E-state index contributed by atoms with van der Waals surface area (Å²) in [5.74, 6) is 1.98. The quantitative estimate of drug-likeness (QED) is 0.536. The van der Waals surface area contributed by atoms with Crippen LogP contribution < -0.4 is 4.90 Å². The van der Waals surface area contributed by atoms with Crippen LogP contribution in [0.5, 0.6) is 0 Å². The van der Waals surface area contributed by atoms with Gasteiger partial charge in [-0.2, -0.15) is 0 Å². The molecule has 0 saturated carbocycles. The van der Waals surface area contributed by atoms with Crippen molar-refractivity contribution in [1.82, 2.24) is 19.5 Å². The molecule has 0 aliphatic rings. The number of hydrogen-bond donors (Lipinski definition) is 2. The Morgan fingerprint density at radius 2 is 2.00 bits per heavy atom. The monoisotopic (exact) mass is 377 g/mol. The van der Waals surface area contributed by atoms with E-state index in [1.165, 1.54) is 0 Å². The molecule has 0 atom stereocenters. The smallest absolute Gasteiger partial charge is 0.140 e. The highest BCUT2D eigenvalue weighted by molar-refractivity contribution is 5.88. The molecule has 0 unspecified atom stereocenters. The summed E-state index contributed by atoms with van der Waals surface area (Å²) in [4.78, 5) is 15.1. The lowest BCUT2D eigenvalue weighted by molar-refractivity contribution is 0.304. The van der Waals surface area contributed by atoms with Crippen molar-refractivity contribution in [2.24, 2.45) is 7.05 Å². The van der Waals surface area contributed by atoms with Gasteiger partial charge in [0.1, 0.15) is 11.6 Å². The van der Waals surface area contributed by atoms with E-state index in [0.717, 1.165) is 63.4 Å². The Hall–Kier alpha value is -2.86. The van der Waals surface area contributed by atoms with Gasteiger partial charge < -0.3 is 19.6 Å². The lowest BCUT2D eigenvalue weighted by Gasteiger charge is -2.17. The number of nitrogens with one attached hydrogen (secondary N) is 1. The topological polar surface area (TPSA) is 70.0 Å². The van der Waals surface area contributed by atoms with Crippen LogP contribution in [0.4, 0.5) is 5.69 Å². The van der Waals surface area contributed by atoms with Crippen LogP contribution in [0.2, 0.25) is 0 Å². The predicted molar refractivity (Wildman–Crippen MR) is 115 cm³/mol. The van der Waals surface area contributed by atoms with Crippen LogP contribution in [0.1, 0.15) is 24.7 Å². The zero-order valence-corrected chi connectivity index (χ0v) is 17.0. The Kier molecular flexibility index (Phi) is 4.81. The average Bonchev–Trinajstić information content (AvgIpc) is 3.23. The Bertz CT molecular complexity index is 1140. The van der Waals surface area contributed by atoms with Crippen LogP contribution in [0.3, 0.4) is 0 Å². The molecular formula is C22H27N5O. The minimum atomic E-state index is 0.134. The largest absolute Gasteiger partial charge is 0.395 e. The van der Waals surface area contributed by atoms with Gasteiger partial charge in [-0.05, 0) is 49.2 Å². The molecule has 0 saturated heterocycles. The molecular weight excluding hydrogens is 350 g/mol. The fourth-order valence-corrected chi connectivity index (χ4v) is 3.78.